The molecule has 0 aliphatic heterocycles. The van der Waals surface area contributed by atoms with E-state index in [0.717, 1.165) is 33.9 Å². The first-order valence-electron chi connectivity index (χ1n) is 13.4. The van der Waals surface area contributed by atoms with Crippen molar-refractivity contribution >= 4 is 33.3 Å². The molecule has 5 aromatic rings. The molecule has 0 saturated heterocycles. The molecule has 1 heterocycles. The minimum atomic E-state index is -0.380. The zero-order chi connectivity index (χ0) is 27.8. The SMILES string of the molecule is CCSc1nc(-c2ccc(OC(C)(C)CC(C)(C)C)cc2O)nc(-c2cc3ccccc3c3ccccc23)n1. The number of ether oxygens (including phenoxy) is 1. The lowest BCUT2D eigenvalue weighted by Crippen LogP contribution is -2.33. The van der Waals surface area contributed by atoms with E-state index in [0.29, 0.717) is 28.1 Å². The van der Waals surface area contributed by atoms with Crippen LogP contribution in [0.3, 0.4) is 0 Å². The van der Waals surface area contributed by atoms with Crippen molar-refractivity contribution in [2.24, 2.45) is 5.41 Å². The Balaban J connectivity index is 1.60. The van der Waals surface area contributed by atoms with E-state index in [9.17, 15) is 5.11 Å². The maximum Gasteiger partial charge on any atom is 0.191 e. The Kier molecular flexibility index (Phi) is 7.25. The third-order valence-electron chi connectivity index (χ3n) is 6.46. The molecule has 0 radical (unpaired) electrons. The second-order valence-corrected chi connectivity index (χ2v) is 12.9. The summed E-state index contributed by atoms with van der Waals surface area (Å²) in [6.07, 6.45) is 0.872. The van der Waals surface area contributed by atoms with Crippen molar-refractivity contribution in [2.75, 3.05) is 5.75 Å². The Hall–Kier alpha value is -3.64. The predicted molar refractivity (Wildman–Crippen MR) is 163 cm³/mol. The topological polar surface area (TPSA) is 68.1 Å². The van der Waals surface area contributed by atoms with Gasteiger partial charge in [0.25, 0.3) is 0 Å². The first kappa shape index (κ1) is 26.9. The molecule has 0 unspecified atom stereocenters. The number of phenols is 1. The van der Waals surface area contributed by atoms with Gasteiger partial charge in [0, 0.05) is 11.6 Å². The van der Waals surface area contributed by atoms with Crippen LogP contribution >= 0.6 is 11.8 Å². The van der Waals surface area contributed by atoms with Crippen molar-refractivity contribution in [3.8, 4) is 34.3 Å². The fraction of sp³-hybridized carbons (Fsp3) is 0.303. The highest BCUT2D eigenvalue weighted by atomic mass is 32.2. The van der Waals surface area contributed by atoms with Gasteiger partial charge in [0.05, 0.1) is 5.56 Å². The van der Waals surface area contributed by atoms with Crippen LogP contribution < -0.4 is 4.74 Å². The van der Waals surface area contributed by atoms with Crippen molar-refractivity contribution in [3.05, 3.63) is 72.8 Å². The third kappa shape index (κ3) is 6.01. The molecule has 0 bridgehead atoms. The lowest BCUT2D eigenvalue weighted by molar-refractivity contribution is 0.0620. The third-order valence-corrected chi connectivity index (χ3v) is 7.19. The van der Waals surface area contributed by atoms with Crippen LogP contribution in [0.5, 0.6) is 11.5 Å². The van der Waals surface area contributed by atoms with Crippen LogP contribution in [0.1, 0.15) is 48.0 Å². The number of fused-ring (bicyclic) bond motifs is 3. The number of benzene rings is 4. The van der Waals surface area contributed by atoms with Gasteiger partial charge in [-0.05, 0) is 71.2 Å². The normalized spacial score (nSPS) is 12.3. The maximum absolute atomic E-state index is 11.1. The molecule has 0 spiro atoms. The molecule has 0 aliphatic rings. The van der Waals surface area contributed by atoms with E-state index < -0.39 is 0 Å². The summed E-state index contributed by atoms with van der Waals surface area (Å²) in [5.74, 6) is 2.54. The highest BCUT2D eigenvalue weighted by Crippen LogP contribution is 2.38. The number of phenolic OH excluding ortho intramolecular Hbond substituents is 1. The quantitative estimate of drug-likeness (QED) is 0.165. The van der Waals surface area contributed by atoms with Gasteiger partial charge in [0.1, 0.15) is 17.1 Å². The van der Waals surface area contributed by atoms with E-state index >= 15 is 0 Å². The average molecular weight is 538 g/mol. The molecule has 200 valence electrons. The zero-order valence-electron chi connectivity index (χ0n) is 23.4. The molecule has 39 heavy (non-hydrogen) atoms. The summed E-state index contributed by atoms with van der Waals surface area (Å²) >= 11 is 1.56. The lowest BCUT2D eigenvalue weighted by Gasteiger charge is -2.33. The van der Waals surface area contributed by atoms with Crippen LogP contribution in [-0.4, -0.2) is 31.4 Å². The standard InChI is InChI=1S/C33H35N3O2S/c1-7-39-31-35-29(26-17-16-22(19-28(26)37)38-33(5,6)20-32(2,3)4)34-30(36-31)27-18-21-12-8-9-13-23(21)24-14-10-11-15-25(24)27/h8-19,37H,7,20H2,1-6H3. The molecule has 0 fully saturated rings. The number of aromatic hydroxyl groups is 1. The van der Waals surface area contributed by atoms with Crippen LogP contribution in [0, 0.1) is 5.41 Å². The molecule has 5 rings (SSSR count). The van der Waals surface area contributed by atoms with Gasteiger partial charge in [-0.3, -0.25) is 0 Å². The summed E-state index contributed by atoms with van der Waals surface area (Å²) in [6, 6.07) is 24.2. The zero-order valence-corrected chi connectivity index (χ0v) is 24.3. The van der Waals surface area contributed by atoms with E-state index in [1.165, 1.54) is 5.39 Å². The monoisotopic (exact) mass is 537 g/mol. The lowest BCUT2D eigenvalue weighted by atomic mass is 9.83. The molecule has 0 atom stereocenters. The number of thioether (sulfide) groups is 1. The summed E-state index contributed by atoms with van der Waals surface area (Å²) in [5, 5.41) is 16.3. The molecule has 1 aromatic heterocycles. The Bertz CT molecular complexity index is 1660. The molecule has 1 N–H and O–H groups in total. The molecule has 5 nitrogen and oxygen atoms in total. The van der Waals surface area contributed by atoms with Gasteiger partial charge < -0.3 is 9.84 Å². The summed E-state index contributed by atoms with van der Waals surface area (Å²) in [4.78, 5) is 14.4. The minimum Gasteiger partial charge on any atom is -0.507 e. The minimum absolute atomic E-state index is 0.0760. The van der Waals surface area contributed by atoms with Gasteiger partial charge in [-0.15, -0.1) is 0 Å². The van der Waals surface area contributed by atoms with Gasteiger partial charge >= 0.3 is 0 Å². The van der Waals surface area contributed by atoms with Crippen molar-refractivity contribution < 1.29 is 9.84 Å². The number of nitrogens with zero attached hydrogens (tertiary/aromatic N) is 3. The van der Waals surface area contributed by atoms with Crippen LogP contribution in [0.15, 0.2) is 78.0 Å². The van der Waals surface area contributed by atoms with Crippen LogP contribution in [-0.2, 0) is 0 Å². The smallest absolute Gasteiger partial charge is 0.191 e. The Morgan fingerprint density at radius 1 is 0.744 bits per heavy atom. The van der Waals surface area contributed by atoms with Crippen molar-refractivity contribution in [3.63, 3.8) is 0 Å². The van der Waals surface area contributed by atoms with Gasteiger partial charge in [-0.2, -0.15) is 0 Å². The molecule has 4 aromatic carbocycles. The second-order valence-electron chi connectivity index (χ2n) is 11.7. The molecular weight excluding hydrogens is 502 g/mol. The van der Waals surface area contributed by atoms with E-state index in [1.54, 1.807) is 17.8 Å². The fourth-order valence-electron chi connectivity index (χ4n) is 5.43. The van der Waals surface area contributed by atoms with Crippen molar-refractivity contribution in [1.29, 1.82) is 0 Å². The Labute approximate surface area is 234 Å². The van der Waals surface area contributed by atoms with Crippen molar-refractivity contribution in [1.82, 2.24) is 15.0 Å². The first-order valence-corrected chi connectivity index (χ1v) is 14.3. The van der Waals surface area contributed by atoms with Gasteiger partial charge in [-0.25, -0.2) is 15.0 Å². The molecule has 0 aliphatic carbocycles. The first-order chi connectivity index (χ1) is 18.5. The molecule has 0 saturated carbocycles. The number of aromatic nitrogens is 3. The van der Waals surface area contributed by atoms with Crippen LogP contribution in [0.25, 0.3) is 44.3 Å². The fourth-order valence-corrected chi connectivity index (χ4v) is 5.99. The van der Waals surface area contributed by atoms with Crippen LogP contribution in [0.2, 0.25) is 0 Å². The predicted octanol–water partition coefficient (Wildman–Crippen LogP) is 8.92. The van der Waals surface area contributed by atoms with Crippen molar-refractivity contribution in [2.45, 2.75) is 58.7 Å². The highest BCUT2D eigenvalue weighted by molar-refractivity contribution is 7.99. The highest BCUT2D eigenvalue weighted by Gasteiger charge is 2.27. The van der Waals surface area contributed by atoms with Crippen LogP contribution in [0.4, 0.5) is 0 Å². The number of hydrogen-bond acceptors (Lipinski definition) is 6. The summed E-state index contributed by atoms with van der Waals surface area (Å²) < 4.78 is 6.28. The summed E-state index contributed by atoms with van der Waals surface area (Å²) in [6.45, 7) is 12.8. The number of hydrogen-bond donors (Lipinski definition) is 1. The maximum atomic E-state index is 11.1. The largest absolute Gasteiger partial charge is 0.507 e. The van der Waals surface area contributed by atoms with Gasteiger partial charge in [0.15, 0.2) is 16.8 Å². The molecule has 0 amide bonds. The Morgan fingerprint density at radius 3 is 2.05 bits per heavy atom. The van der Waals surface area contributed by atoms with Gasteiger partial charge in [-0.1, -0.05) is 88.0 Å². The summed E-state index contributed by atoms with van der Waals surface area (Å²) in [7, 11) is 0. The average Bonchev–Trinajstić information content (AvgIpc) is 2.86. The van der Waals surface area contributed by atoms with E-state index in [1.807, 2.05) is 24.3 Å². The van der Waals surface area contributed by atoms with E-state index in [2.05, 4.69) is 84.0 Å². The second kappa shape index (κ2) is 10.5. The number of rotatable bonds is 7. The Morgan fingerprint density at radius 2 is 1.38 bits per heavy atom. The van der Waals surface area contributed by atoms with E-state index in [4.69, 9.17) is 19.7 Å². The van der Waals surface area contributed by atoms with Gasteiger partial charge in [0.2, 0.25) is 0 Å². The van der Waals surface area contributed by atoms with E-state index in [-0.39, 0.29) is 16.8 Å². The molecule has 6 heteroatoms. The summed E-state index contributed by atoms with van der Waals surface area (Å²) in [5.41, 5.74) is 1.22. The molecular formula is C33H35N3O2S.